The van der Waals surface area contributed by atoms with E-state index in [2.05, 4.69) is 13.8 Å². The highest BCUT2D eigenvalue weighted by Crippen LogP contribution is 2.46. The van der Waals surface area contributed by atoms with Gasteiger partial charge in [0.15, 0.2) is 0 Å². The fourth-order valence-electron chi connectivity index (χ4n) is 4.16. The first-order valence-electron chi connectivity index (χ1n) is 6.79. The van der Waals surface area contributed by atoms with Crippen LogP contribution >= 0.6 is 0 Å². The Bertz CT molecular complexity index is 148. The lowest BCUT2D eigenvalue weighted by molar-refractivity contribution is 0.740. The number of hydrogen-bond donors (Lipinski definition) is 0. The van der Waals surface area contributed by atoms with Gasteiger partial charge in [0.05, 0.1) is 0 Å². The molecule has 0 aliphatic heterocycles. The molecule has 0 spiro atoms. The fraction of sp³-hybridized carbons (Fsp3) is 1.00. The molecule has 0 aromatic rings. The lowest BCUT2D eigenvalue weighted by Gasteiger charge is -2.31. The van der Waals surface area contributed by atoms with Gasteiger partial charge in [-0.15, -0.1) is 0 Å². The van der Waals surface area contributed by atoms with Gasteiger partial charge in [-0.2, -0.15) is 0 Å². The van der Waals surface area contributed by atoms with E-state index in [9.17, 15) is 0 Å². The quantitative estimate of drug-likeness (QED) is 0.601. The molecule has 0 bridgehead atoms. The SMILES string of the molecule is CC(C)[SiH](C1CCCC1)C1CCCC1. The molecule has 0 aromatic heterocycles. The zero-order chi connectivity index (χ0) is 9.97. The van der Waals surface area contributed by atoms with E-state index in [-0.39, 0.29) is 0 Å². The Morgan fingerprint density at radius 2 is 1.14 bits per heavy atom. The highest BCUT2D eigenvalue weighted by molar-refractivity contribution is 6.63. The summed E-state index contributed by atoms with van der Waals surface area (Å²) in [5.74, 6) is 0. The molecule has 2 aliphatic rings. The van der Waals surface area contributed by atoms with Gasteiger partial charge < -0.3 is 0 Å². The first kappa shape index (κ1) is 10.7. The Morgan fingerprint density at radius 1 is 0.786 bits per heavy atom. The standard InChI is InChI=1S/C13H26Si/c1-11(2)14(12-7-3-4-8-12)13-9-5-6-10-13/h11-14H,3-10H2,1-2H3. The first-order chi connectivity index (χ1) is 6.79. The first-order valence-corrected chi connectivity index (χ1v) is 8.79. The molecular formula is C13H26Si. The van der Waals surface area contributed by atoms with E-state index in [4.69, 9.17) is 0 Å². The molecule has 0 unspecified atom stereocenters. The van der Waals surface area contributed by atoms with E-state index < -0.39 is 8.80 Å². The van der Waals surface area contributed by atoms with Crippen molar-refractivity contribution in [2.45, 2.75) is 81.8 Å². The molecule has 0 nitrogen and oxygen atoms in total. The van der Waals surface area contributed by atoms with Crippen LogP contribution in [0.3, 0.4) is 0 Å². The predicted octanol–water partition coefficient (Wildman–Crippen LogP) is 4.51. The molecule has 0 saturated heterocycles. The number of rotatable bonds is 3. The summed E-state index contributed by atoms with van der Waals surface area (Å²) in [6, 6.07) is 0. The van der Waals surface area contributed by atoms with Crippen molar-refractivity contribution in [3.63, 3.8) is 0 Å². The van der Waals surface area contributed by atoms with Crippen LogP contribution < -0.4 is 0 Å². The Morgan fingerprint density at radius 3 is 1.43 bits per heavy atom. The van der Waals surface area contributed by atoms with E-state index in [0.717, 1.165) is 5.54 Å². The second kappa shape index (κ2) is 4.83. The monoisotopic (exact) mass is 210 g/mol. The van der Waals surface area contributed by atoms with Crippen LogP contribution in [0.2, 0.25) is 16.6 Å². The normalized spacial score (nSPS) is 25.7. The van der Waals surface area contributed by atoms with Gasteiger partial charge in [0.25, 0.3) is 0 Å². The van der Waals surface area contributed by atoms with E-state index >= 15 is 0 Å². The zero-order valence-corrected chi connectivity index (χ0v) is 11.1. The second-order valence-corrected chi connectivity index (χ2v) is 10.3. The van der Waals surface area contributed by atoms with Crippen molar-refractivity contribution in [1.82, 2.24) is 0 Å². The molecule has 2 saturated carbocycles. The summed E-state index contributed by atoms with van der Waals surface area (Å²) in [5.41, 5.74) is 3.54. The van der Waals surface area contributed by atoms with Crippen molar-refractivity contribution < 1.29 is 0 Å². The maximum absolute atomic E-state index is 2.52. The van der Waals surface area contributed by atoms with E-state index in [1.165, 1.54) is 11.1 Å². The van der Waals surface area contributed by atoms with Gasteiger partial charge in [0.1, 0.15) is 0 Å². The molecule has 0 heterocycles. The molecule has 0 aromatic carbocycles. The molecule has 0 radical (unpaired) electrons. The lowest BCUT2D eigenvalue weighted by Crippen LogP contribution is -2.27. The molecule has 1 heteroatoms. The molecule has 0 N–H and O–H groups in total. The van der Waals surface area contributed by atoms with Gasteiger partial charge in [-0.05, 0) is 11.1 Å². The van der Waals surface area contributed by atoms with Crippen molar-refractivity contribution in [1.29, 1.82) is 0 Å². The zero-order valence-electron chi connectivity index (χ0n) is 9.97. The predicted molar refractivity (Wildman–Crippen MR) is 66.7 cm³/mol. The molecule has 0 atom stereocenters. The third kappa shape index (κ3) is 2.24. The van der Waals surface area contributed by atoms with Gasteiger partial charge in [0.2, 0.25) is 0 Å². The Hall–Kier alpha value is 0.217. The summed E-state index contributed by atoms with van der Waals surface area (Å²) in [5, 5.41) is 0. The van der Waals surface area contributed by atoms with Crippen LogP contribution in [-0.2, 0) is 0 Å². The van der Waals surface area contributed by atoms with Crippen LogP contribution in [0.5, 0.6) is 0 Å². The summed E-state index contributed by atoms with van der Waals surface area (Å²) in [6.07, 6.45) is 12.6. The highest BCUT2D eigenvalue weighted by Gasteiger charge is 2.35. The summed E-state index contributed by atoms with van der Waals surface area (Å²) in [7, 11) is -0.412. The van der Waals surface area contributed by atoms with Crippen LogP contribution in [0.4, 0.5) is 0 Å². The topological polar surface area (TPSA) is 0 Å². The second-order valence-electron chi connectivity index (χ2n) is 5.91. The molecule has 2 aliphatic carbocycles. The van der Waals surface area contributed by atoms with Crippen molar-refractivity contribution in [3.05, 3.63) is 0 Å². The number of hydrogen-bond acceptors (Lipinski definition) is 0. The summed E-state index contributed by atoms with van der Waals surface area (Å²) >= 11 is 0. The smallest absolute Gasteiger partial charge is 0.0456 e. The minimum absolute atomic E-state index is 0.412. The minimum Gasteiger partial charge on any atom is -0.0654 e. The summed E-state index contributed by atoms with van der Waals surface area (Å²) < 4.78 is 0. The average molecular weight is 210 g/mol. The Balaban J connectivity index is 1.98. The summed E-state index contributed by atoms with van der Waals surface area (Å²) in [6.45, 7) is 5.04. The maximum Gasteiger partial charge on any atom is 0.0456 e. The van der Waals surface area contributed by atoms with Crippen molar-refractivity contribution in [2.24, 2.45) is 0 Å². The molecule has 82 valence electrons. The maximum atomic E-state index is 2.52. The largest absolute Gasteiger partial charge is 0.0654 e. The van der Waals surface area contributed by atoms with Gasteiger partial charge in [0, 0.05) is 8.80 Å². The average Bonchev–Trinajstić information content (AvgIpc) is 2.75. The van der Waals surface area contributed by atoms with Crippen LogP contribution in [0.1, 0.15) is 65.2 Å². The lowest BCUT2D eigenvalue weighted by atomic mass is 10.3. The highest BCUT2D eigenvalue weighted by atomic mass is 28.3. The van der Waals surface area contributed by atoms with E-state index in [1.54, 1.807) is 51.4 Å². The minimum atomic E-state index is -0.412. The molecule has 0 amide bonds. The van der Waals surface area contributed by atoms with Crippen LogP contribution in [-0.4, -0.2) is 8.80 Å². The van der Waals surface area contributed by atoms with Crippen molar-refractivity contribution in [3.8, 4) is 0 Å². The fourth-order valence-corrected chi connectivity index (χ4v) is 9.59. The molecule has 2 rings (SSSR count). The van der Waals surface area contributed by atoms with Gasteiger partial charge in [-0.25, -0.2) is 0 Å². The van der Waals surface area contributed by atoms with Crippen molar-refractivity contribution in [2.75, 3.05) is 0 Å². The molecule has 14 heavy (non-hydrogen) atoms. The van der Waals surface area contributed by atoms with Crippen molar-refractivity contribution >= 4 is 8.80 Å². The molecular weight excluding hydrogens is 184 g/mol. The van der Waals surface area contributed by atoms with Crippen LogP contribution in [0.15, 0.2) is 0 Å². The van der Waals surface area contributed by atoms with Crippen LogP contribution in [0.25, 0.3) is 0 Å². The molecule has 2 fully saturated rings. The summed E-state index contributed by atoms with van der Waals surface area (Å²) in [4.78, 5) is 0. The van der Waals surface area contributed by atoms with Gasteiger partial charge >= 0.3 is 0 Å². The Labute approximate surface area is 91.1 Å². The van der Waals surface area contributed by atoms with E-state index in [0.29, 0.717) is 0 Å². The Kier molecular flexibility index (Phi) is 3.70. The van der Waals surface area contributed by atoms with Crippen LogP contribution in [0, 0.1) is 0 Å². The third-order valence-electron chi connectivity index (χ3n) is 4.66. The third-order valence-corrected chi connectivity index (χ3v) is 9.71. The van der Waals surface area contributed by atoms with Gasteiger partial charge in [-0.3, -0.25) is 0 Å². The van der Waals surface area contributed by atoms with Gasteiger partial charge in [-0.1, -0.05) is 70.8 Å². The van der Waals surface area contributed by atoms with E-state index in [1.807, 2.05) is 0 Å².